The molecule has 0 radical (unpaired) electrons. The van der Waals surface area contributed by atoms with E-state index in [0.717, 1.165) is 11.5 Å². The molecule has 4 aromatic rings. The predicted octanol–water partition coefficient (Wildman–Crippen LogP) is 6.56. The van der Waals surface area contributed by atoms with E-state index < -0.39 is 43.5 Å². The van der Waals surface area contributed by atoms with Crippen LogP contribution in [0.5, 0.6) is 11.5 Å². The first-order chi connectivity index (χ1) is 21.9. The Bertz CT molecular complexity index is 2010. The monoisotopic (exact) mass is 669 g/mol. The maximum absolute atomic E-state index is 12.4. The van der Waals surface area contributed by atoms with E-state index in [-0.39, 0.29) is 40.0 Å². The molecule has 0 fully saturated rings. The third-order valence-corrected chi connectivity index (χ3v) is 7.83. The van der Waals surface area contributed by atoms with Gasteiger partial charge < -0.3 is 19.8 Å². The number of hydrogen-bond donors (Lipinski definition) is 3. The lowest BCUT2D eigenvalue weighted by Gasteiger charge is -2.14. The average Bonchev–Trinajstić information content (AvgIpc) is 3.02. The maximum atomic E-state index is 12.4. The number of benzene rings is 4. The predicted molar refractivity (Wildman–Crippen MR) is 168 cm³/mol. The molecule has 0 saturated heterocycles. The summed E-state index contributed by atoms with van der Waals surface area (Å²) < 4.78 is 56.2. The van der Waals surface area contributed by atoms with E-state index >= 15 is 0 Å². The molecule has 0 aliphatic rings. The summed E-state index contributed by atoms with van der Waals surface area (Å²) in [7, 11) is -2.47. The highest BCUT2D eigenvalue weighted by molar-refractivity contribution is 7.86. The number of rotatable bonds is 12. The number of esters is 1. The van der Waals surface area contributed by atoms with E-state index in [1.807, 2.05) is 0 Å². The van der Waals surface area contributed by atoms with Crippen LogP contribution in [0.4, 0.5) is 28.4 Å². The quantitative estimate of drug-likeness (QED) is 0.0366. The number of carbonyl (C=O) groups excluding carboxylic acids is 1. The Morgan fingerprint density at radius 1 is 1.02 bits per heavy atom. The molecule has 15 nitrogen and oxygen atoms in total. The van der Waals surface area contributed by atoms with Crippen LogP contribution >= 0.6 is 0 Å². The summed E-state index contributed by atoms with van der Waals surface area (Å²) in [4.78, 5) is 20.9. The maximum Gasteiger partial charge on any atom is 0.337 e. The molecule has 1 unspecified atom stereocenters. The number of carbonyl (C=O) groups is 1. The number of anilines is 1. The molecule has 4 aromatic carbocycles. The summed E-state index contributed by atoms with van der Waals surface area (Å²) in [6.45, 7) is 4.89. The van der Waals surface area contributed by atoms with Crippen molar-refractivity contribution in [3.8, 4) is 11.5 Å². The lowest BCUT2D eigenvalue weighted by Crippen LogP contribution is -2.02. The SMILES string of the molecule is C=CS(=O)Oc1ccc(N=Nc2c(C)cc3cc(S(=O)(=O)O)c(N=Nc4cc(C(=O)OC)ccc4COOC)c(O)c3c2N)cc1. The zero-order chi connectivity index (χ0) is 33.6. The second-order valence-electron chi connectivity index (χ2n) is 9.27. The third kappa shape index (κ3) is 7.59. The van der Waals surface area contributed by atoms with Crippen molar-refractivity contribution in [2.24, 2.45) is 20.5 Å². The van der Waals surface area contributed by atoms with Crippen LogP contribution in [-0.4, -0.2) is 42.5 Å². The third-order valence-electron chi connectivity index (χ3n) is 6.33. The van der Waals surface area contributed by atoms with Gasteiger partial charge in [0.15, 0.2) is 5.75 Å². The van der Waals surface area contributed by atoms with Crippen molar-refractivity contribution in [2.45, 2.75) is 18.4 Å². The number of aromatic hydroxyl groups is 1. The van der Waals surface area contributed by atoms with Crippen LogP contribution in [0.15, 0.2) is 91.9 Å². The van der Waals surface area contributed by atoms with Crippen LogP contribution in [0.25, 0.3) is 10.8 Å². The summed E-state index contributed by atoms with van der Waals surface area (Å²) in [6, 6.07) is 13.0. The van der Waals surface area contributed by atoms with Gasteiger partial charge in [-0.25, -0.2) is 18.8 Å². The topological polar surface area (TPSA) is 221 Å². The van der Waals surface area contributed by atoms with Crippen molar-refractivity contribution in [2.75, 3.05) is 20.0 Å². The zero-order valence-corrected chi connectivity index (χ0v) is 26.2. The van der Waals surface area contributed by atoms with Crippen LogP contribution in [0, 0.1) is 6.92 Å². The number of phenolic OH excluding ortho intramolecular Hbond substituents is 1. The summed E-state index contributed by atoms with van der Waals surface area (Å²) in [5, 5.41) is 29.0. The number of ether oxygens (including phenoxy) is 1. The van der Waals surface area contributed by atoms with Gasteiger partial charge in [-0.1, -0.05) is 12.6 Å². The molecule has 17 heteroatoms. The van der Waals surface area contributed by atoms with Gasteiger partial charge in [-0.15, -0.1) is 15.3 Å². The minimum Gasteiger partial charge on any atom is -0.505 e. The molecule has 240 valence electrons. The molecule has 0 aliphatic heterocycles. The number of nitrogens with two attached hydrogens (primary N) is 1. The van der Waals surface area contributed by atoms with Gasteiger partial charge in [0, 0.05) is 11.0 Å². The number of hydrogen-bond acceptors (Lipinski definition) is 14. The Balaban J connectivity index is 1.84. The second-order valence-corrected chi connectivity index (χ2v) is 11.7. The van der Waals surface area contributed by atoms with Gasteiger partial charge in [-0.2, -0.15) is 13.5 Å². The smallest absolute Gasteiger partial charge is 0.337 e. The highest BCUT2D eigenvalue weighted by Crippen LogP contribution is 2.47. The first kappa shape index (κ1) is 33.8. The highest BCUT2D eigenvalue weighted by Gasteiger charge is 2.25. The molecule has 0 spiro atoms. The van der Waals surface area contributed by atoms with Gasteiger partial charge in [0.25, 0.3) is 10.1 Å². The van der Waals surface area contributed by atoms with Crippen LogP contribution in [0.2, 0.25) is 0 Å². The average molecular weight is 670 g/mol. The van der Waals surface area contributed by atoms with E-state index in [0.29, 0.717) is 22.6 Å². The Morgan fingerprint density at radius 2 is 1.72 bits per heavy atom. The molecular weight excluding hydrogens is 642 g/mol. The standard InChI is InChI=1S/C29H27N5O10S2/c1-5-45(37)44-21-10-8-20(9-11-21)31-33-26-16(2)12-19-14-23(46(38,39)40)27(28(35)24(19)25(26)30)34-32-22-13-17(29(36)41-3)6-7-18(22)15-43-42-4/h5-14,35H,1,15,30H2,2-4H3,(H,38,39,40). The molecule has 0 bridgehead atoms. The number of phenols is 1. The van der Waals surface area contributed by atoms with Crippen molar-refractivity contribution in [3.63, 3.8) is 0 Å². The highest BCUT2D eigenvalue weighted by atomic mass is 32.2. The first-order valence-electron chi connectivity index (χ1n) is 13.0. The Labute approximate surface area is 265 Å². The zero-order valence-electron chi connectivity index (χ0n) is 24.5. The van der Waals surface area contributed by atoms with Gasteiger partial charge >= 0.3 is 5.97 Å². The molecule has 0 saturated carbocycles. The summed E-state index contributed by atoms with van der Waals surface area (Å²) in [5.41, 5.74) is 7.23. The van der Waals surface area contributed by atoms with Crippen molar-refractivity contribution in [1.29, 1.82) is 0 Å². The fourth-order valence-corrected chi connectivity index (χ4v) is 5.19. The fraction of sp³-hybridized carbons (Fsp3) is 0.138. The summed E-state index contributed by atoms with van der Waals surface area (Å²) >= 11 is -1.70. The number of nitrogens with zero attached hydrogens (tertiary/aromatic N) is 4. The minimum absolute atomic E-state index is 0.0391. The largest absolute Gasteiger partial charge is 0.505 e. The normalized spacial score (nSPS) is 12.5. The van der Waals surface area contributed by atoms with Crippen LogP contribution in [0.3, 0.4) is 0 Å². The first-order valence-corrected chi connectivity index (χ1v) is 15.5. The van der Waals surface area contributed by atoms with Gasteiger partial charge in [-0.05, 0) is 66.4 Å². The number of methoxy groups -OCH3 is 1. The second kappa shape index (κ2) is 14.4. The number of nitrogen functional groups attached to an aromatic ring is 1. The van der Waals surface area contributed by atoms with E-state index in [1.54, 1.807) is 19.1 Å². The summed E-state index contributed by atoms with van der Waals surface area (Å²) in [5.74, 6) is -1.09. The molecule has 0 amide bonds. The van der Waals surface area contributed by atoms with Gasteiger partial charge in [0.1, 0.15) is 28.6 Å². The van der Waals surface area contributed by atoms with E-state index in [2.05, 4.69) is 31.9 Å². The molecule has 0 aromatic heterocycles. The fourth-order valence-electron chi connectivity index (χ4n) is 4.16. The molecule has 0 heterocycles. The van der Waals surface area contributed by atoms with Crippen molar-refractivity contribution in [1.82, 2.24) is 0 Å². The number of azo groups is 2. The van der Waals surface area contributed by atoms with Crippen LogP contribution in [-0.2, 0) is 42.3 Å². The van der Waals surface area contributed by atoms with E-state index in [1.165, 1.54) is 50.6 Å². The Morgan fingerprint density at radius 3 is 2.35 bits per heavy atom. The Kier molecular flexibility index (Phi) is 10.6. The Hall–Kier alpha value is -5.07. The minimum atomic E-state index is -4.95. The molecule has 4 rings (SSSR count). The van der Waals surface area contributed by atoms with E-state index in [4.69, 9.17) is 19.5 Å². The van der Waals surface area contributed by atoms with Gasteiger partial charge in [0.05, 0.1) is 42.2 Å². The van der Waals surface area contributed by atoms with Gasteiger partial charge in [-0.3, -0.25) is 4.55 Å². The molecule has 4 N–H and O–H groups in total. The van der Waals surface area contributed by atoms with Crippen molar-refractivity contribution < 1.29 is 45.8 Å². The molecule has 0 aliphatic carbocycles. The van der Waals surface area contributed by atoms with Crippen LogP contribution < -0.4 is 9.92 Å². The van der Waals surface area contributed by atoms with Crippen molar-refractivity contribution >= 4 is 66.4 Å². The van der Waals surface area contributed by atoms with Crippen LogP contribution in [0.1, 0.15) is 21.5 Å². The van der Waals surface area contributed by atoms with Crippen molar-refractivity contribution in [3.05, 3.63) is 83.3 Å². The molecular formula is C29H27N5O10S2. The lowest BCUT2D eigenvalue weighted by atomic mass is 10.0. The van der Waals surface area contributed by atoms with E-state index in [9.17, 15) is 27.1 Å². The lowest BCUT2D eigenvalue weighted by molar-refractivity contribution is -0.282. The molecule has 1 atom stereocenters. The number of aryl methyl sites for hydroxylation is 1. The molecule has 46 heavy (non-hydrogen) atoms. The summed E-state index contributed by atoms with van der Waals surface area (Å²) in [6.07, 6.45) is 0. The van der Waals surface area contributed by atoms with Gasteiger partial charge in [0.2, 0.25) is 11.1 Å². The number of fused-ring (bicyclic) bond motifs is 1.